The normalized spacial score (nSPS) is 34.5. The zero-order valence-corrected chi connectivity index (χ0v) is 3.90. The van der Waals surface area contributed by atoms with Crippen molar-refractivity contribution in [3.05, 3.63) is 6.54 Å². The zero-order valence-electron chi connectivity index (χ0n) is 3.15. The quantitative estimate of drug-likeness (QED) is 0.458. The summed E-state index contributed by atoms with van der Waals surface area (Å²) in [6.07, 6.45) is 0.793. The van der Waals surface area contributed by atoms with Gasteiger partial charge in [0.05, 0.1) is 6.54 Å². The molecule has 1 atom stereocenters. The van der Waals surface area contributed by atoms with Crippen molar-refractivity contribution < 1.29 is 4.84 Å². The van der Waals surface area contributed by atoms with Crippen LogP contribution in [-0.2, 0) is 4.84 Å². The molecule has 1 radical (unpaired) electrons. The maximum Gasteiger partial charge on any atom is 0.154 e. The molecule has 0 aromatic heterocycles. The number of hydrogen-bond acceptors (Lipinski definition) is 2. The van der Waals surface area contributed by atoms with Crippen molar-refractivity contribution >= 4 is 11.6 Å². The summed E-state index contributed by atoms with van der Waals surface area (Å²) in [5, 5.41) is 0. The van der Waals surface area contributed by atoms with Gasteiger partial charge in [-0.1, -0.05) is 11.6 Å². The molecule has 0 aliphatic carbocycles. The van der Waals surface area contributed by atoms with Gasteiger partial charge in [-0.2, -0.15) is 5.48 Å². The van der Waals surface area contributed by atoms with E-state index in [0.29, 0.717) is 0 Å². The van der Waals surface area contributed by atoms with E-state index in [4.69, 9.17) is 11.6 Å². The monoisotopic (exact) mass is 106 g/mol. The van der Waals surface area contributed by atoms with Gasteiger partial charge in [-0.15, -0.1) is 0 Å². The number of hydrogen-bond donors (Lipinski definition) is 1. The summed E-state index contributed by atoms with van der Waals surface area (Å²) < 4.78 is 0. The van der Waals surface area contributed by atoms with Gasteiger partial charge in [0.25, 0.3) is 0 Å². The maximum atomic E-state index is 5.40. The van der Waals surface area contributed by atoms with Gasteiger partial charge < -0.3 is 0 Å². The molecule has 1 aliphatic rings. The van der Waals surface area contributed by atoms with E-state index in [0.717, 1.165) is 6.42 Å². The second-order valence-electron chi connectivity index (χ2n) is 1.09. The third-order valence-corrected chi connectivity index (χ3v) is 0.850. The predicted molar refractivity (Wildman–Crippen MR) is 22.8 cm³/mol. The summed E-state index contributed by atoms with van der Waals surface area (Å²) in [6, 6.07) is 0. The largest absolute Gasteiger partial charge is 0.282 e. The van der Waals surface area contributed by atoms with Crippen LogP contribution < -0.4 is 5.48 Å². The smallest absolute Gasteiger partial charge is 0.154 e. The minimum atomic E-state index is -0.148. The first kappa shape index (κ1) is 4.37. The molecule has 0 aromatic rings. The van der Waals surface area contributed by atoms with E-state index in [-0.39, 0.29) is 5.56 Å². The SMILES string of the molecule is ClC1C[CH]NO1. The third kappa shape index (κ3) is 0.834. The summed E-state index contributed by atoms with van der Waals surface area (Å²) in [5.74, 6) is 0. The van der Waals surface area contributed by atoms with E-state index in [1.807, 2.05) is 0 Å². The van der Waals surface area contributed by atoms with Crippen LogP contribution in [-0.4, -0.2) is 5.56 Å². The van der Waals surface area contributed by atoms with Crippen molar-refractivity contribution in [3.63, 3.8) is 0 Å². The summed E-state index contributed by atoms with van der Waals surface area (Å²) in [6.45, 7) is 1.78. The Kier molecular flexibility index (Phi) is 1.29. The van der Waals surface area contributed by atoms with Gasteiger partial charge in [0.2, 0.25) is 0 Å². The van der Waals surface area contributed by atoms with Gasteiger partial charge >= 0.3 is 0 Å². The first-order valence-corrected chi connectivity index (χ1v) is 2.20. The van der Waals surface area contributed by atoms with Crippen LogP contribution in [0.3, 0.4) is 0 Å². The Hall–Kier alpha value is 0.210. The molecule has 1 aliphatic heterocycles. The van der Waals surface area contributed by atoms with Crippen molar-refractivity contribution in [1.29, 1.82) is 0 Å². The minimum Gasteiger partial charge on any atom is -0.282 e. The lowest BCUT2D eigenvalue weighted by Gasteiger charge is -1.90. The molecule has 0 aromatic carbocycles. The molecule has 1 saturated heterocycles. The standard InChI is InChI=1S/C3H5ClNO/c4-3-1-2-5-6-3/h2-3,5H,1H2. The Bertz CT molecular complexity index is 44.1. The van der Waals surface area contributed by atoms with Crippen molar-refractivity contribution in [2.24, 2.45) is 0 Å². The maximum absolute atomic E-state index is 5.40. The highest BCUT2D eigenvalue weighted by atomic mass is 35.5. The molecule has 0 saturated carbocycles. The lowest BCUT2D eigenvalue weighted by atomic mass is 10.5. The Morgan fingerprint density at radius 2 is 2.83 bits per heavy atom. The number of rotatable bonds is 0. The first-order valence-electron chi connectivity index (χ1n) is 1.76. The molecule has 6 heavy (non-hydrogen) atoms. The highest BCUT2D eigenvalue weighted by Gasteiger charge is 2.10. The Balaban J connectivity index is 2.18. The molecule has 1 unspecified atom stereocenters. The average molecular weight is 107 g/mol. The van der Waals surface area contributed by atoms with E-state index in [9.17, 15) is 0 Å². The molecule has 35 valence electrons. The highest BCUT2D eigenvalue weighted by Crippen LogP contribution is 2.08. The van der Waals surface area contributed by atoms with Crippen LogP contribution in [0.1, 0.15) is 6.42 Å². The predicted octanol–water partition coefficient (Wildman–Crippen LogP) is 0.638. The molecule has 1 fully saturated rings. The number of halogens is 1. The van der Waals surface area contributed by atoms with Crippen molar-refractivity contribution in [1.82, 2.24) is 5.48 Å². The second-order valence-corrected chi connectivity index (χ2v) is 1.57. The van der Waals surface area contributed by atoms with Gasteiger partial charge in [-0.05, 0) is 0 Å². The fourth-order valence-corrected chi connectivity index (χ4v) is 0.451. The molecular formula is C3H5ClNO. The molecule has 1 heterocycles. The van der Waals surface area contributed by atoms with E-state index in [1.54, 1.807) is 6.54 Å². The van der Waals surface area contributed by atoms with Crippen LogP contribution in [0.5, 0.6) is 0 Å². The van der Waals surface area contributed by atoms with E-state index in [1.165, 1.54) is 0 Å². The topological polar surface area (TPSA) is 21.3 Å². The molecule has 0 spiro atoms. The molecule has 0 bridgehead atoms. The van der Waals surface area contributed by atoms with Crippen LogP contribution in [0, 0.1) is 6.54 Å². The van der Waals surface area contributed by atoms with Crippen LogP contribution in [0.4, 0.5) is 0 Å². The average Bonchev–Trinajstić information content (AvgIpc) is 1.86. The van der Waals surface area contributed by atoms with Gasteiger partial charge in [-0.25, -0.2) is 0 Å². The lowest BCUT2D eigenvalue weighted by Crippen LogP contribution is -2.01. The van der Waals surface area contributed by atoms with Crippen LogP contribution in [0.2, 0.25) is 0 Å². The number of hydroxylamine groups is 1. The minimum absolute atomic E-state index is 0.148. The summed E-state index contributed by atoms with van der Waals surface area (Å²) in [4.78, 5) is 4.61. The second kappa shape index (κ2) is 1.78. The number of alkyl halides is 1. The molecule has 1 N–H and O–H groups in total. The first-order chi connectivity index (χ1) is 2.89. The van der Waals surface area contributed by atoms with Crippen molar-refractivity contribution in [2.75, 3.05) is 0 Å². The fraction of sp³-hybridized carbons (Fsp3) is 0.667. The Morgan fingerprint density at radius 3 is 3.00 bits per heavy atom. The third-order valence-electron chi connectivity index (χ3n) is 0.582. The van der Waals surface area contributed by atoms with E-state index < -0.39 is 0 Å². The van der Waals surface area contributed by atoms with Crippen molar-refractivity contribution in [3.8, 4) is 0 Å². The van der Waals surface area contributed by atoms with Gasteiger partial charge in [0, 0.05) is 6.42 Å². The van der Waals surface area contributed by atoms with Gasteiger partial charge in [-0.3, -0.25) is 4.84 Å². The number of nitrogens with one attached hydrogen (secondary N) is 1. The molecule has 2 nitrogen and oxygen atoms in total. The molecule has 3 heteroatoms. The fourth-order valence-electron chi connectivity index (χ4n) is 0.311. The summed E-state index contributed by atoms with van der Waals surface area (Å²) in [5.41, 5.74) is 2.37. The zero-order chi connectivity index (χ0) is 4.41. The van der Waals surface area contributed by atoms with Crippen LogP contribution >= 0.6 is 11.6 Å². The van der Waals surface area contributed by atoms with Crippen LogP contribution in [0.15, 0.2) is 0 Å². The van der Waals surface area contributed by atoms with Crippen LogP contribution in [0.25, 0.3) is 0 Å². The Morgan fingerprint density at radius 1 is 2.00 bits per heavy atom. The summed E-state index contributed by atoms with van der Waals surface area (Å²) >= 11 is 5.40. The molecule has 0 amide bonds. The Labute approximate surface area is 41.4 Å². The summed E-state index contributed by atoms with van der Waals surface area (Å²) in [7, 11) is 0. The highest BCUT2D eigenvalue weighted by molar-refractivity contribution is 6.19. The van der Waals surface area contributed by atoms with Gasteiger partial charge in [0.15, 0.2) is 5.56 Å². The van der Waals surface area contributed by atoms with E-state index >= 15 is 0 Å². The molecular weight excluding hydrogens is 101 g/mol. The van der Waals surface area contributed by atoms with E-state index in [2.05, 4.69) is 10.3 Å². The lowest BCUT2D eigenvalue weighted by molar-refractivity contribution is 0.0856. The molecule has 1 rings (SSSR count). The van der Waals surface area contributed by atoms with Gasteiger partial charge in [0.1, 0.15) is 0 Å². The van der Waals surface area contributed by atoms with Crippen molar-refractivity contribution in [2.45, 2.75) is 12.0 Å².